The molecular weight excluding hydrogens is 236 g/mol. The van der Waals surface area contributed by atoms with Crippen LogP contribution in [0.1, 0.15) is 24.5 Å². The lowest BCUT2D eigenvalue weighted by Crippen LogP contribution is -2.36. The average molecular weight is 262 g/mol. The fourth-order valence-electron chi connectivity index (χ4n) is 2.90. The largest absolute Gasteiger partial charge is 0.377 e. The Hall–Kier alpha value is -0.900. The molecule has 1 fully saturated rings. The molecule has 0 radical (unpaired) electrons. The third-order valence-corrected chi connectivity index (χ3v) is 4.08. The second-order valence-electron chi connectivity index (χ2n) is 5.47. The van der Waals surface area contributed by atoms with Crippen LogP contribution in [0.4, 0.5) is 0 Å². The molecule has 1 aliphatic rings. The Labute approximate surface area is 116 Å². The van der Waals surface area contributed by atoms with Crippen molar-refractivity contribution in [2.45, 2.75) is 38.5 Å². The van der Waals surface area contributed by atoms with Gasteiger partial charge in [-0.25, -0.2) is 0 Å². The SMILES string of the molecule is CNCCc1ccccc1CN(C)C1CCOC1C. The Morgan fingerprint density at radius 3 is 2.68 bits per heavy atom. The molecule has 1 saturated heterocycles. The normalized spacial score (nSPS) is 23.2. The maximum atomic E-state index is 5.67. The van der Waals surface area contributed by atoms with E-state index in [2.05, 4.69) is 48.5 Å². The Kier molecular flexibility index (Phi) is 5.37. The number of nitrogens with one attached hydrogen (secondary N) is 1. The summed E-state index contributed by atoms with van der Waals surface area (Å²) in [6.07, 6.45) is 2.60. The lowest BCUT2D eigenvalue weighted by molar-refractivity contribution is 0.0813. The summed E-state index contributed by atoms with van der Waals surface area (Å²) in [6.45, 7) is 5.13. The van der Waals surface area contributed by atoms with E-state index in [1.165, 1.54) is 11.1 Å². The van der Waals surface area contributed by atoms with Gasteiger partial charge in [-0.3, -0.25) is 4.90 Å². The molecule has 2 rings (SSSR count). The van der Waals surface area contributed by atoms with Crippen molar-refractivity contribution in [1.29, 1.82) is 0 Å². The number of nitrogens with zero attached hydrogens (tertiary/aromatic N) is 1. The molecule has 1 aromatic carbocycles. The van der Waals surface area contributed by atoms with Crippen molar-refractivity contribution in [3.05, 3.63) is 35.4 Å². The molecule has 1 heterocycles. The Balaban J connectivity index is 2.01. The summed E-state index contributed by atoms with van der Waals surface area (Å²) >= 11 is 0. The lowest BCUT2D eigenvalue weighted by Gasteiger charge is -2.27. The Morgan fingerprint density at radius 2 is 2.05 bits per heavy atom. The molecule has 3 nitrogen and oxygen atoms in total. The summed E-state index contributed by atoms with van der Waals surface area (Å²) in [5.74, 6) is 0. The Bertz CT molecular complexity index is 394. The van der Waals surface area contributed by atoms with Crippen LogP contribution in [0.3, 0.4) is 0 Å². The molecule has 106 valence electrons. The summed E-state index contributed by atoms with van der Waals surface area (Å²) in [4.78, 5) is 2.44. The van der Waals surface area contributed by atoms with Crippen LogP contribution in [0.25, 0.3) is 0 Å². The smallest absolute Gasteiger partial charge is 0.0703 e. The average Bonchev–Trinajstić information content (AvgIpc) is 2.84. The Morgan fingerprint density at radius 1 is 1.32 bits per heavy atom. The molecule has 0 bridgehead atoms. The third-order valence-electron chi connectivity index (χ3n) is 4.08. The van der Waals surface area contributed by atoms with Crippen LogP contribution in [0, 0.1) is 0 Å². The quantitative estimate of drug-likeness (QED) is 0.849. The number of hydrogen-bond donors (Lipinski definition) is 1. The van der Waals surface area contributed by atoms with Crippen LogP contribution in [0.2, 0.25) is 0 Å². The zero-order valence-electron chi connectivity index (χ0n) is 12.4. The molecule has 2 unspecified atom stereocenters. The van der Waals surface area contributed by atoms with Crippen molar-refractivity contribution >= 4 is 0 Å². The van der Waals surface area contributed by atoms with E-state index in [1.54, 1.807) is 0 Å². The first kappa shape index (κ1) is 14.5. The van der Waals surface area contributed by atoms with Gasteiger partial charge in [0.25, 0.3) is 0 Å². The summed E-state index contributed by atoms with van der Waals surface area (Å²) in [5.41, 5.74) is 2.90. The highest BCUT2D eigenvalue weighted by Crippen LogP contribution is 2.21. The molecule has 1 N–H and O–H groups in total. The molecule has 0 saturated carbocycles. The highest BCUT2D eigenvalue weighted by atomic mass is 16.5. The molecular formula is C16H26N2O. The van der Waals surface area contributed by atoms with Gasteiger partial charge in [-0.15, -0.1) is 0 Å². The van der Waals surface area contributed by atoms with E-state index in [0.717, 1.165) is 32.5 Å². The number of likely N-dealkylation sites (N-methyl/N-ethyl adjacent to an activating group) is 2. The van der Waals surface area contributed by atoms with Crippen LogP contribution >= 0.6 is 0 Å². The van der Waals surface area contributed by atoms with Crippen molar-refractivity contribution in [3.63, 3.8) is 0 Å². The van der Waals surface area contributed by atoms with E-state index in [9.17, 15) is 0 Å². The van der Waals surface area contributed by atoms with E-state index in [0.29, 0.717) is 12.1 Å². The van der Waals surface area contributed by atoms with E-state index in [1.807, 2.05) is 7.05 Å². The minimum atomic E-state index is 0.356. The number of hydrogen-bond acceptors (Lipinski definition) is 3. The first-order valence-corrected chi connectivity index (χ1v) is 7.25. The van der Waals surface area contributed by atoms with Gasteiger partial charge >= 0.3 is 0 Å². The van der Waals surface area contributed by atoms with Crippen LogP contribution in [0.5, 0.6) is 0 Å². The summed E-state index contributed by atoms with van der Waals surface area (Å²) < 4.78 is 5.67. The van der Waals surface area contributed by atoms with Gasteiger partial charge in [0, 0.05) is 19.2 Å². The van der Waals surface area contributed by atoms with Gasteiger partial charge in [0.2, 0.25) is 0 Å². The molecule has 19 heavy (non-hydrogen) atoms. The highest BCUT2D eigenvalue weighted by molar-refractivity contribution is 5.27. The number of ether oxygens (including phenoxy) is 1. The van der Waals surface area contributed by atoms with Gasteiger partial charge in [0.05, 0.1) is 6.10 Å². The predicted octanol–water partition coefficient (Wildman–Crippen LogP) is 2.06. The molecule has 0 amide bonds. The fraction of sp³-hybridized carbons (Fsp3) is 0.625. The molecule has 2 atom stereocenters. The summed E-state index contributed by atoms with van der Waals surface area (Å²) in [5, 5.41) is 3.23. The van der Waals surface area contributed by atoms with E-state index in [4.69, 9.17) is 4.74 Å². The zero-order chi connectivity index (χ0) is 13.7. The van der Waals surface area contributed by atoms with E-state index >= 15 is 0 Å². The third kappa shape index (κ3) is 3.78. The second-order valence-corrected chi connectivity index (χ2v) is 5.47. The number of benzene rings is 1. The molecule has 0 aromatic heterocycles. The fourth-order valence-corrected chi connectivity index (χ4v) is 2.90. The van der Waals surface area contributed by atoms with Crippen molar-refractivity contribution in [2.24, 2.45) is 0 Å². The van der Waals surface area contributed by atoms with Gasteiger partial charge in [-0.2, -0.15) is 0 Å². The molecule has 0 aliphatic carbocycles. The van der Waals surface area contributed by atoms with Crippen molar-refractivity contribution in [1.82, 2.24) is 10.2 Å². The molecule has 0 spiro atoms. The molecule has 3 heteroatoms. The minimum Gasteiger partial charge on any atom is -0.377 e. The van der Waals surface area contributed by atoms with Crippen LogP contribution in [0.15, 0.2) is 24.3 Å². The van der Waals surface area contributed by atoms with Gasteiger partial charge < -0.3 is 10.1 Å². The van der Waals surface area contributed by atoms with Gasteiger partial charge in [-0.1, -0.05) is 24.3 Å². The minimum absolute atomic E-state index is 0.356. The first-order valence-electron chi connectivity index (χ1n) is 7.25. The van der Waals surface area contributed by atoms with E-state index in [-0.39, 0.29) is 0 Å². The monoisotopic (exact) mass is 262 g/mol. The van der Waals surface area contributed by atoms with Gasteiger partial charge in [-0.05, 0) is 51.5 Å². The first-order chi connectivity index (χ1) is 9.22. The maximum Gasteiger partial charge on any atom is 0.0703 e. The van der Waals surface area contributed by atoms with E-state index < -0.39 is 0 Å². The standard InChI is InChI=1S/C16H26N2O/c1-13-16(9-11-19-13)18(3)12-15-7-5-4-6-14(15)8-10-17-2/h4-7,13,16-17H,8-12H2,1-3H3. The topological polar surface area (TPSA) is 24.5 Å². The van der Waals surface area contributed by atoms with Gasteiger partial charge in [0.15, 0.2) is 0 Å². The number of rotatable bonds is 6. The lowest BCUT2D eigenvalue weighted by atomic mass is 10.0. The molecule has 1 aromatic rings. The zero-order valence-corrected chi connectivity index (χ0v) is 12.4. The van der Waals surface area contributed by atoms with Crippen LogP contribution in [-0.2, 0) is 17.7 Å². The van der Waals surface area contributed by atoms with Crippen LogP contribution in [-0.4, -0.2) is 44.3 Å². The highest BCUT2D eigenvalue weighted by Gasteiger charge is 2.27. The van der Waals surface area contributed by atoms with Crippen molar-refractivity contribution in [2.75, 3.05) is 27.2 Å². The maximum absolute atomic E-state index is 5.67. The van der Waals surface area contributed by atoms with Crippen LogP contribution < -0.4 is 5.32 Å². The van der Waals surface area contributed by atoms with Gasteiger partial charge in [0.1, 0.15) is 0 Å². The summed E-state index contributed by atoms with van der Waals surface area (Å²) in [7, 11) is 4.22. The predicted molar refractivity (Wildman–Crippen MR) is 79.4 cm³/mol. The second kappa shape index (κ2) is 7.04. The van der Waals surface area contributed by atoms with Crippen molar-refractivity contribution < 1.29 is 4.74 Å². The van der Waals surface area contributed by atoms with Crippen molar-refractivity contribution in [3.8, 4) is 0 Å². The molecule has 1 aliphatic heterocycles. The summed E-state index contributed by atoms with van der Waals surface area (Å²) in [6, 6.07) is 9.32.